The van der Waals surface area contributed by atoms with Crippen LogP contribution in [0.2, 0.25) is 0 Å². The zero-order valence-corrected chi connectivity index (χ0v) is 10.5. The Labute approximate surface area is 114 Å². The topological polar surface area (TPSA) is 110 Å². The van der Waals surface area contributed by atoms with Crippen LogP contribution in [-0.2, 0) is 0 Å². The molecule has 0 aliphatic rings. The van der Waals surface area contributed by atoms with Crippen molar-refractivity contribution in [3.8, 4) is 17.1 Å². The summed E-state index contributed by atoms with van der Waals surface area (Å²) in [6.45, 7) is 3.87. The maximum Gasteiger partial charge on any atom is 0.282 e. The van der Waals surface area contributed by atoms with E-state index in [0.717, 1.165) is 0 Å². The van der Waals surface area contributed by atoms with Gasteiger partial charge in [0.1, 0.15) is 18.2 Å². The van der Waals surface area contributed by atoms with Crippen molar-refractivity contribution < 1.29 is 4.74 Å². The molecule has 1 aromatic carbocycles. The number of hydrogen-bond donors (Lipinski definition) is 2. The van der Waals surface area contributed by atoms with Crippen molar-refractivity contribution in [2.24, 2.45) is 5.18 Å². The van der Waals surface area contributed by atoms with Crippen molar-refractivity contribution in [2.75, 3.05) is 12.3 Å². The van der Waals surface area contributed by atoms with E-state index in [9.17, 15) is 9.70 Å². The van der Waals surface area contributed by atoms with Gasteiger partial charge in [-0.1, -0.05) is 24.8 Å². The normalized spacial score (nSPS) is 10.0. The second-order valence-electron chi connectivity index (χ2n) is 3.84. The molecule has 1 aromatic heterocycles. The molecule has 20 heavy (non-hydrogen) atoms. The van der Waals surface area contributed by atoms with Crippen molar-refractivity contribution in [3.63, 3.8) is 0 Å². The molecule has 7 heteroatoms. The monoisotopic (exact) mass is 272 g/mol. The van der Waals surface area contributed by atoms with E-state index >= 15 is 0 Å². The Morgan fingerprint density at radius 2 is 2.20 bits per heavy atom. The highest BCUT2D eigenvalue weighted by Gasteiger charge is 2.13. The number of ether oxygens (including phenoxy) is 1. The summed E-state index contributed by atoms with van der Waals surface area (Å²) in [5.41, 5.74) is 4.96. The molecule has 0 atom stereocenters. The third-order valence-electron chi connectivity index (χ3n) is 2.51. The molecule has 0 saturated heterocycles. The van der Waals surface area contributed by atoms with Crippen molar-refractivity contribution >= 4 is 11.5 Å². The minimum Gasteiger partial charge on any atom is -0.489 e. The van der Waals surface area contributed by atoms with Crippen LogP contribution in [0.1, 0.15) is 0 Å². The van der Waals surface area contributed by atoms with Gasteiger partial charge >= 0.3 is 0 Å². The van der Waals surface area contributed by atoms with E-state index in [-0.39, 0.29) is 11.6 Å². The van der Waals surface area contributed by atoms with Gasteiger partial charge < -0.3 is 15.5 Å². The lowest BCUT2D eigenvalue weighted by molar-refractivity contribution is 0.364. The van der Waals surface area contributed by atoms with Gasteiger partial charge in [0.25, 0.3) is 5.56 Å². The fourth-order valence-electron chi connectivity index (χ4n) is 1.64. The number of hydrogen-bond acceptors (Lipinski definition) is 6. The lowest BCUT2D eigenvalue weighted by Crippen LogP contribution is -2.12. The number of nitrogens with one attached hydrogen (secondary N) is 1. The van der Waals surface area contributed by atoms with Crippen LogP contribution in [0.15, 0.2) is 46.9 Å². The number of nitroso groups, excluding NO2 is 1. The zero-order chi connectivity index (χ0) is 14.5. The highest BCUT2D eigenvalue weighted by atomic mass is 16.5. The number of nitrogens with two attached hydrogens (primary N) is 1. The van der Waals surface area contributed by atoms with Crippen LogP contribution in [0.5, 0.6) is 5.75 Å². The summed E-state index contributed by atoms with van der Waals surface area (Å²) < 4.78 is 5.47. The standard InChI is InChI=1S/C13H12N4O3/c1-2-7-20-9-6-4-3-5-8(9)12-15-11(14)10(17-19)13(18)16-12/h2-6H,1,7H2,(H3,14,15,16,18). The Kier molecular flexibility index (Phi) is 3.90. The van der Waals surface area contributed by atoms with Crippen LogP contribution >= 0.6 is 0 Å². The first-order chi connectivity index (χ1) is 9.67. The van der Waals surface area contributed by atoms with Gasteiger partial charge in [0.05, 0.1) is 5.56 Å². The summed E-state index contributed by atoms with van der Waals surface area (Å²) in [5.74, 6) is 0.499. The molecule has 0 aliphatic carbocycles. The van der Waals surface area contributed by atoms with E-state index in [1.54, 1.807) is 30.3 Å². The molecular weight excluding hydrogens is 260 g/mol. The van der Waals surface area contributed by atoms with E-state index in [0.29, 0.717) is 17.9 Å². The Bertz CT molecular complexity index is 709. The lowest BCUT2D eigenvalue weighted by Gasteiger charge is -2.09. The maximum absolute atomic E-state index is 11.7. The third-order valence-corrected chi connectivity index (χ3v) is 2.51. The molecule has 1 heterocycles. The molecule has 0 saturated carbocycles. The number of nitrogens with zero attached hydrogens (tertiary/aromatic N) is 2. The third kappa shape index (κ3) is 2.56. The number of nitrogen functional groups attached to an aromatic ring is 1. The van der Waals surface area contributed by atoms with E-state index in [1.807, 2.05) is 0 Å². The molecule has 0 amide bonds. The van der Waals surface area contributed by atoms with Crippen molar-refractivity contribution in [3.05, 3.63) is 52.2 Å². The first kappa shape index (κ1) is 13.5. The highest BCUT2D eigenvalue weighted by molar-refractivity contribution is 5.67. The second-order valence-corrected chi connectivity index (χ2v) is 3.84. The predicted octanol–water partition coefficient (Wildman–Crippen LogP) is 1.98. The number of aromatic amines is 1. The van der Waals surface area contributed by atoms with Crippen molar-refractivity contribution in [2.45, 2.75) is 0 Å². The number of rotatable bonds is 5. The van der Waals surface area contributed by atoms with Crippen molar-refractivity contribution in [1.29, 1.82) is 0 Å². The molecule has 2 aromatic rings. The summed E-state index contributed by atoms with van der Waals surface area (Å²) >= 11 is 0. The quantitative estimate of drug-likeness (QED) is 0.638. The summed E-state index contributed by atoms with van der Waals surface area (Å²) in [7, 11) is 0. The summed E-state index contributed by atoms with van der Waals surface area (Å²) in [6, 6.07) is 6.98. The summed E-state index contributed by atoms with van der Waals surface area (Å²) in [5, 5.41) is 2.55. The Morgan fingerprint density at radius 3 is 2.85 bits per heavy atom. The molecule has 2 rings (SSSR count). The fraction of sp³-hybridized carbons (Fsp3) is 0.0769. The van der Waals surface area contributed by atoms with Crippen LogP contribution in [0, 0.1) is 4.91 Å². The van der Waals surface area contributed by atoms with Crippen LogP contribution < -0.4 is 16.0 Å². The fourth-order valence-corrected chi connectivity index (χ4v) is 1.64. The van der Waals surface area contributed by atoms with Gasteiger partial charge in [-0.05, 0) is 17.3 Å². The molecule has 7 nitrogen and oxygen atoms in total. The Hall–Kier alpha value is -2.96. The lowest BCUT2D eigenvalue weighted by atomic mass is 10.2. The molecule has 102 valence electrons. The molecule has 0 spiro atoms. The van der Waals surface area contributed by atoms with Crippen LogP contribution in [-0.4, -0.2) is 16.6 Å². The highest BCUT2D eigenvalue weighted by Crippen LogP contribution is 2.28. The van der Waals surface area contributed by atoms with Gasteiger partial charge in [-0.3, -0.25) is 4.79 Å². The van der Waals surface area contributed by atoms with Gasteiger partial charge in [0, 0.05) is 0 Å². The number of aromatic nitrogens is 2. The second kappa shape index (κ2) is 5.79. The number of H-pyrrole nitrogens is 1. The zero-order valence-electron chi connectivity index (χ0n) is 10.5. The van der Waals surface area contributed by atoms with Gasteiger partial charge in [-0.25, -0.2) is 4.98 Å². The van der Waals surface area contributed by atoms with Gasteiger partial charge in [0.15, 0.2) is 5.82 Å². The smallest absolute Gasteiger partial charge is 0.282 e. The minimum absolute atomic E-state index is 0.208. The average Bonchev–Trinajstić information content (AvgIpc) is 2.45. The number of para-hydroxylation sites is 1. The van der Waals surface area contributed by atoms with Gasteiger partial charge in [-0.15, -0.1) is 4.91 Å². The number of anilines is 1. The van der Waals surface area contributed by atoms with Crippen molar-refractivity contribution in [1.82, 2.24) is 9.97 Å². The first-order valence-electron chi connectivity index (χ1n) is 5.73. The maximum atomic E-state index is 11.7. The Morgan fingerprint density at radius 1 is 1.45 bits per heavy atom. The predicted molar refractivity (Wildman–Crippen MR) is 75.9 cm³/mol. The van der Waals surface area contributed by atoms with Crippen LogP contribution in [0.3, 0.4) is 0 Å². The van der Waals surface area contributed by atoms with Crippen LogP contribution in [0.4, 0.5) is 11.5 Å². The van der Waals surface area contributed by atoms with Gasteiger partial charge in [-0.2, -0.15) is 0 Å². The largest absolute Gasteiger partial charge is 0.489 e. The molecule has 0 aliphatic heterocycles. The average molecular weight is 272 g/mol. The van der Waals surface area contributed by atoms with E-state index in [1.165, 1.54) is 0 Å². The SMILES string of the molecule is C=CCOc1ccccc1-c1nc(N)c(N=O)c(=O)[nH]1. The Balaban J connectivity index is 2.54. The molecule has 3 N–H and O–H groups in total. The van der Waals surface area contributed by atoms with Crippen LogP contribution in [0.25, 0.3) is 11.4 Å². The first-order valence-corrected chi connectivity index (χ1v) is 5.73. The van der Waals surface area contributed by atoms with E-state index in [2.05, 4.69) is 21.7 Å². The molecule has 0 fully saturated rings. The molecule has 0 bridgehead atoms. The van der Waals surface area contributed by atoms with E-state index in [4.69, 9.17) is 10.5 Å². The van der Waals surface area contributed by atoms with Gasteiger partial charge in [0.2, 0.25) is 5.69 Å². The summed E-state index contributed by atoms with van der Waals surface area (Å²) in [4.78, 5) is 28.6. The molecule has 0 radical (unpaired) electrons. The van der Waals surface area contributed by atoms with E-state index < -0.39 is 11.2 Å². The minimum atomic E-state index is -0.693. The summed E-state index contributed by atoms with van der Waals surface area (Å²) in [6.07, 6.45) is 1.60. The number of benzene rings is 1. The molecular formula is C13H12N4O3. The molecule has 0 unspecified atom stereocenters.